The Morgan fingerprint density at radius 1 is 0.839 bits per heavy atom. The first-order valence-corrected chi connectivity index (χ1v) is 10.2. The summed E-state index contributed by atoms with van der Waals surface area (Å²) in [5.74, 6) is 42.3. The minimum Gasteiger partial charge on any atom is -0.456 e. The molecule has 1 rings (SSSR count). The van der Waals surface area contributed by atoms with Crippen molar-refractivity contribution < 1.29 is 30.9 Å². The highest BCUT2D eigenvalue weighted by molar-refractivity contribution is 5.89. The van der Waals surface area contributed by atoms with Crippen LogP contribution in [-0.4, -0.2) is 12.6 Å². The average Bonchev–Trinajstić information content (AvgIpc) is 3.09. The fraction of sp³-hybridized carbons (Fsp3) is 0.414. The number of rotatable bonds is 4. The Morgan fingerprint density at radius 3 is 1.77 bits per heavy atom. The van der Waals surface area contributed by atoms with Crippen molar-refractivity contribution in [1.29, 1.82) is 0 Å². The standard InChI is InChI=1S/C29H24O2.15H2/c1-5-6-7-8-9-10-11-12-13-14-15-16-17-18-19-20-29(30)31-24-23-26(3)28-22-21-25(2)27(28)4;;;;;;;;;;;;;;;/h25-28H,21-24H2,1-4H3;15*1H/t25?,26?,27-,28?;;;;;;;;;;;;;;;/m0.............../s1. The van der Waals surface area contributed by atoms with E-state index in [0.717, 1.165) is 18.3 Å². The number of carbonyl (C=O) groups is 1. The van der Waals surface area contributed by atoms with Gasteiger partial charge in [-0.25, -0.2) is 4.79 Å². The second-order valence-electron chi connectivity index (χ2n) is 7.10. The van der Waals surface area contributed by atoms with Gasteiger partial charge in [0.25, 0.3) is 0 Å². The normalized spacial score (nSPS) is 17.9. The number of hydrogen-bond donors (Lipinski definition) is 0. The third-order valence-corrected chi connectivity index (χ3v) is 5.17. The maximum atomic E-state index is 11.6. The summed E-state index contributed by atoms with van der Waals surface area (Å²) in [6.45, 7) is 8.97. The van der Waals surface area contributed by atoms with Gasteiger partial charge in [-0.15, -0.1) is 0 Å². The summed E-state index contributed by atoms with van der Waals surface area (Å²) in [6.07, 6.45) is 3.42. The summed E-state index contributed by atoms with van der Waals surface area (Å²) in [5, 5.41) is 0. The predicted molar refractivity (Wildman–Crippen MR) is 155 cm³/mol. The molecule has 0 bridgehead atoms. The molecule has 1 aliphatic carbocycles. The number of hydrogen-bond acceptors (Lipinski definition) is 2. The molecule has 1 aliphatic rings. The van der Waals surface area contributed by atoms with Gasteiger partial charge in [0, 0.05) is 27.3 Å². The first-order chi connectivity index (χ1) is 15.1. The minimum atomic E-state index is -0.565. The fourth-order valence-corrected chi connectivity index (χ4v) is 3.31. The quantitative estimate of drug-likeness (QED) is 0.271. The fourth-order valence-electron chi connectivity index (χ4n) is 3.31. The highest BCUT2D eigenvalue weighted by Crippen LogP contribution is 2.41. The molecule has 0 heterocycles. The summed E-state index contributed by atoms with van der Waals surface area (Å²) >= 11 is 0. The maximum Gasteiger partial charge on any atom is 0.385 e. The lowest BCUT2D eigenvalue weighted by atomic mass is 9.82. The SMILES string of the molecule is CC#CC#CC#CC#CC#CC#CC#CC#CC(=O)OCCC(C)C1CCC(C)[C@@H]1C.[HH].[HH].[HH].[HH].[HH].[HH].[HH].[HH].[HH].[HH].[HH].[HH].[HH].[HH].[HH]. The Labute approximate surface area is 209 Å². The first kappa shape index (κ1) is 25.0. The van der Waals surface area contributed by atoms with Gasteiger partial charge in [0.1, 0.15) is 0 Å². The molecule has 0 amide bonds. The molecule has 0 N–H and O–H groups in total. The van der Waals surface area contributed by atoms with E-state index in [1.807, 2.05) is 0 Å². The van der Waals surface area contributed by atoms with Crippen LogP contribution in [0.3, 0.4) is 0 Å². The molecule has 0 aliphatic heterocycles. The monoisotopic (exact) mass is 434 g/mol. The van der Waals surface area contributed by atoms with Crippen molar-refractivity contribution >= 4 is 5.97 Å². The van der Waals surface area contributed by atoms with E-state index in [1.54, 1.807) is 6.92 Å². The van der Waals surface area contributed by atoms with Gasteiger partial charge in [0.05, 0.1) is 6.61 Å². The Bertz CT molecular complexity index is 1180. The molecule has 3 unspecified atom stereocenters. The van der Waals surface area contributed by atoms with Gasteiger partial charge in [-0.2, -0.15) is 0 Å². The van der Waals surface area contributed by atoms with E-state index >= 15 is 0 Å². The van der Waals surface area contributed by atoms with Gasteiger partial charge < -0.3 is 4.74 Å². The van der Waals surface area contributed by atoms with E-state index in [0.29, 0.717) is 18.4 Å². The van der Waals surface area contributed by atoms with Crippen LogP contribution in [-0.2, 0) is 9.53 Å². The van der Waals surface area contributed by atoms with E-state index in [-0.39, 0.29) is 21.4 Å². The van der Waals surface area contributed by atoms with Gasteiger partial charge in [-0.3, -0.25) is 0 Å². The highest BCUT2D eigenvalue weighted by atomic mass is 16.5. The van der Waals surface area contributed by atoms with E-state index < -0.39 is 5.97 Å². The first-order valence-electron chi connectivity index (χ1n) is 10.2. The molecule has 1 saturated carbocycles. The zero-order chi connectivity index (χ0) is 22.7. The van der Waals surface area contributed by atoms with E-state index in [1.165, 1.54) is 12.8 Å². The topological polar surface area (TPSA) is 26.3 Å². The maximum absolute atomic E-state index is 11.6. The van der Waals surface area contributed by atoms with Crippen molar-refractivity contribution in [2.75, 3.05) is 6.61 Å². The van der Waals surface area contributed by atoms with E-state index in [2.05, 4.69) is 115 Å². The highest BCUT2D eigenvalue weighted by Gasteiger charge is 2.33. The molecule has 0 aromatic carbocycles. The molecule has 0 saturated heterocycles. The molecule has 0 aromatic rings. The second kappa shape index (κ2) is 15.8. The Hall–Kier alpha value is -4.05. The van der Waals surface area contributed by atoms with E-state index in [4.69, 9.17) is 4.74 Å². The van der Waals surface area contributed by atoms with Crippen molar-refractivity contribution in [3.63, 3.8) is 0 Å². The number of carbonyl (C=O) groups excluding carboxylic acids is 1. The molecule has 2 heteroatoms. The van der Waals surface area contributed by atoms with Crippen LogP contribution in [0, 0.1) is 118 Å². The third-order valence-electron chi connectivity index (χ3n) is 5.17. The molecule has 31 heavy (non-hydrogen) atoms. The molecular formula is C29H54O2. The molecule has 0 radical (unpaired) electrons. The van der Waals surface area contributed by atoms with Crippen LogP contribution in [0.1, 0.15) is 68.4 Å². The number of ether oxygens (including phenoxy) is 1. The molecule has 4 atom stereocenters. The van der Waals surface area contributed by atoms with Crippen molar-refractivity contribution in [3.05, 3.63) is 0 Å². The van der Waals surface area contributed by atoms with Crippen LogP contribution in [0.15, 0.2) is 0 Å². The van der Waals surface area contributed by atoms with Crippen LogP contribution in [0.2, 0.25) is 0 Å². The van der Waals surface area contributed by atoms with E-state index in [9.17, 15) is 4.79 Å². The van der Waals surface area contributed by atoms with Crippen LogP contribution in [0.25, 0.3) is 0 Å². The van der Waals surface area contributed by atoms with Crippen LogP contribution in [0.4, 0.5) is 0 Å². The van der Waals surface area contributed by atoms with Gasteiger partial charge in [-0.05, 0) is 126 Å². The van der Waals surface area contributed by atoms with Gasteiger partial charge in [0.2, 0.25) is 0 Å². The lowest BCUT2D eigenvalue weighted by Gasteiger charge is -2.24. The molecular weight excluding hydrogens is 380 g/mol. The zero-order valence-electron chi connectivity index (χ0n) is 18.5. The lowest BCUT2D eigenvalue weighted by Crippen LogP contribution is -2.19. The van der Waals surface area contributed by atoms with Crippen molar-refractivity contribution in [2.45, 2.75) is 47.0 Å². The largest absolute Gasteiger partial charge is 0.456 e. The van der Waals surface area contributed by atoms with Crippen LogP contribution in [0.5, 0.6) is 0 Å². The summed E-state index contributed by atoms with van der Waals surface area (Å²) in [4.78, 5) is 11.6. The Kier molecular flexibility index (Phi) is 12.8. The molecule has 182 valence electrons. The summed E-state index contributed by atoms with van der Waals surface area (Å²) in [5.41, 5.74) is 0. The van der Waals surface area contributed by atoms with Gasteiger partial charge in [0.15, 0.2) is 0 Å². The molecule has 1 fully saturated rings. The summed E-state index contributed by atoms with van der Waals surface area (Å²) < 4.78 is 5.17. The average molecular weight is 435 g/mol. The summed E-state index contributed by atoms with van der Waals surface area (Å²) in [6, 6.07) is 0. The lowest BCUT2D eigenvalue weighted by molar-refractivity contribution is -0.137. The third kappa shape index (κ3) is 11.5. The molecule has 2 nitrogen and oxygen atoms in total. The summed E-state index contributed by atoms with van der Waals surface area (Å²) in [7, 11) is 0. The predicted octanol–water partition coefficient (Wildman–Crippen LogP) is 6.98. The van der Waals surface area contributed by atoms with Gasteiger partial charge in [-0.1, -0.05) is 33.1 Å². The molecule has 0 aromatic heterocycles. The second-order valence-corrected chi connectivity index (χ2v) is 7.10. The van der Waals surface area contributed by atoms with Crippen molar-refractivity contribution in [3.8, 4) is 94.7 Å². The Balaban J connectivity index is -0.0000000493. The van der Waals surface area contributed by atoms with Gasteiger partial charge >= 0.3 is 5.97 Å². The van der Waals surface area contributed by atoms with Crippen molar-refractivity contribution in [2.24, 2.45) is 23.7 Å². The minimum absolute atomic E-state index is 0. The smallest absolute Gasteiger partial charge is 0.385 e. The Morgan fingerprint density at radius 2 is 1.32 bits per heavy atom. The zero-order valence-corrected chi connectivity index (χ0v) is 18.5. The molecule has 0 spiro atoms. The van der Waals surface area contributed by atoms with Crippen molar-refractivity contribution in [1.82, 2.24) is 0 Å². The van der Waals surface area contributed by atoms with Crippen LogP contribution < -0.4 is 0 Å². The number of esters is 1. The van der Waals surface area contributed by atoms with Crippen LogP contribution >= 0.6 is 0 Å².